The maximum absolute atomic E-state index is 12.7. The lowest BCUT2D eigenvalue weighted by molar-refractivity contribution is 0.160. The zero-order valence-corrected chi connectivity index (χ0v) is 13.8. The fourth-order valence-corrected chi connectivity index (χ4v) is 4.19. The van der Waals surface area contributed by atoms with Crippen molar-refractivity contribution in [1.29, 1.82) is 0 Å². The lowest BCUT2D eigenvalue weighted by Gasteiger charge is -2.23. The number of hydrogen-bond donors (Lipinski definition) is 0. The minimum Gasteiger partial charge on any atom is -0.305 e. The van der Waals surface area contributed by atoms with Crippen molar-refractivity contribution in [3.63, 3.8) is 0 Å². The standard InChI is InChI=1S/C17H27O3P/c1-2-13-21(18,19-14-16-9-5-3-6-10-16)20-15-17-11-7-4-8-12-17/h2-5,7,13,16-17H,6,8-12,14-15H2,1H3. The van der Waals surface area contributed by atoms with Crippen LogP contribution in [0.2, 0.25) is 0 Å². The molecule has 2 aliphatic rings. The van der Waals surface area contributed by atoms with Crippen molar-refractivity contribution >= 4 is 7.60 Å². The summed E-state index contributed by atoms with van der Waals surface area (Å²) in [5.41, 5.74) is 0. The van der Waals surface area contributed by atoms with E-state index >= 15 is 0 Å². The highest BCUT2D eigenvalue weighted by Gasteiger charge is 2.25. The van der Waals surface area contributed by atoms with E-state index in [9.17, 15) is 4.57 Å². The lowest BCUT2D eigenvalue weighted by Crippen LogP contribution is -2.13. The van der Waals surface area contributed by atoms with Crippen molar-refractivity contribution in [2.75, 3.05) is 13.2 Å². The van der Waals surface area contributed by atoms with Crippen LogP contribution in [0.4, 0.5) is 0 Å². The predicted octanol–water partition coefficient (Wildman–Crippen LogP) is 5.46. The van der Waals surface area contributed by atoms with Crippen LogP contribution in [0.25, 0.3) is 0 Å². The highest BCUT2D eigenvalue weighted by molar-refractivity contribution is 7.57. The fraction of sp³-hybridized carbons (Fsp3) is 0.647. The summed E-state index contributed by atoms with van der Waals surface area (Å²) in [7, 11) is -3.08. The molecule has 0 radical (unpaired) electrons. The van der Waals surface area contributed by atoms with Crippen molar-refractivity contribution in [2.24, 2.45) is 11.8 Å². The Hall–Kier alpha value is -0.630. The molecule has 4 heteroatoms. The number of rotatable bonds is 7. The first-order valence-corrected chi connectivity index (χ1v) is 9.65. The molecule has 0 bridgehead atoms. The van der Waals surface area contributed by atoms with Crippen molar-refractivity contribution in [3.8, 4) is 0 Å². The molecule has 0 aromatic heterocycles. The van der Waals surface area contributed by atoms with Crippen LogP contribution in [0.1, 0.15) is 45.4 Å². The van der Waals surface area contributed by atoms with E-state index in [1.165, 1.54) is 0 Å². The third-order valence-electron chi connectivity index (χ3n) is 4.07. The molecule has 0 aromatic carbocycles. The summed E-state index contributed by atoms with van der Waals surface area (Å²) in [5.74, 6) is 2.54. The number of allylic oxidation sites excluding steroid dienone is 5. The average molecular weight is 310 g/mol. The van der Waals surface area contributed by atoms with Crippen molar-refractivity contribution in [3.05, 3.63) is 36.2 Å². The molecule has 0 saturated carbocycles. The van der Waals surface area contributed by atoms with E-state index in [2.05, 4.69) is 24.3 Å². The minimum absolute atomic E-state index is 0.467. The normalized spacial score (nSPS) is 28.8. The second kappa shape index (κ2) is 8.73. The van der Waals surface area contributed by atoms with Gasteiger partial charge in [0.05, 0.1) is 13.2 Å². The Morgan fingerprint density at radius 1 is 1.00 bits per heavy atom. The highest BCUT2D eigenvalue weighted by atomic mass is 31.2. The summed E-state index contributed by atoms with van der Waals surface area (Å²) in [6.45, 7) is 2.90. The van der Waals surface area contributed by atoms with Gasteiger partial charge in [-0.2, -0.15) is 0 Å². The lowest BCUT2D eigenvalue weighted by atomic mass is 9.96. The van der Waals surface area contributed by atoms with Gasteiger partial charge in [-0.1, -0.05) is 30.4 Å². The van der Waals surface area contributed by atoms with Crippen molar-refractivity contribution in [2.45, 2.75) is 45.4 Å². The third-order valence-corrected chi connectivity index (χ3v) is 5.75. The summed E-state index contributed by atoms with van der Waals surface area (Å²) in [6, 6.07) is 0. The molecule has 2 aliphatic carbocycles. The fourth-order valence-electron chi connectivity index (χ4n) is 2.74. The van der Waals surface area contributed by atoms with Crippen LogP contribution in [-0.4, -0.2) is 13.2 Å². The SMILES string of the molecule is CC=CP(=O)(OCC1CC=CCC1)OCC1CC=CCC1. The van der Waals surface area contributed by atoms with Crippen LogP contribution in [0.15, 0.2) is 36.2 Å². The predicted molar refractivity (Wildman–Crippen MR) is 87.3 cm³/mol. The largest absolute Gasteiger partial charge is 0.353 e. The molecule has 2 unspecified atom stereocenters. The van der Waals surface area contributed by atoms with E-state index in [1.54, 1.807) is 11.9 Å². The van der Waals surface area contributed by atoms with Gasteiger partial charge in [0.15, 0.2) is 0 Å². The first-order valence-electron chi connectivity index (χ1n) is 8.04. The van der Waals surface area contributed by atoms with E-state index in [-0.39, 0.29) is 0 Å². The molecule has 0 amide bonds. The molecule has 3 nitrogen and oxygen atoms in total. The van der Waals surface area contributed by atoms with Crippen molar-refractivity contribution < 1.29 is 13.6 Å². The molecule has 0 saturated heterocycles. The van der Waals surface area contributed by atoms with Crippen LogP contribution in [0.3, 0.4) is 0 Å². The second-order valence-electron chi connectivity index (χ2n) is 5.91. The van der Waals surface area contributed by atoms with Gasteiger partial charge in [0.1, 0.15) is 0 Å². The summed E-state index contributed by atoms with van der Waals surface area (Å²) >= 11 is 0. The second-order valence-corrected chi connectivity index (χ2v) is 7.81. The van der Waals surface area contributed by atoms with Gasteiger partial charge in [-0.3, -0.25) is 4.57 Å². The van der Waals surface area contributed by atoms with Gasteiger partial charge in [-0.15, -0.1) is 0 Å². The monoisotopic (exact) mass is 310 g/mol. The van der Waals surface area contributed by atoms with E-state index in [0.717, 1.165) is 38.5 Å². The van der Waals surface area contributed by atoms with Crippen LogP contribution in [0, 0.1) is 11.8 Å². The van der Waals surface area contributed by atoms with Gasteiger partial charge in [-0.05, 0) is 57.3 Å². The van der Waals surface area contributed by atoms with E-state index < -0.39 is 7.60 Å². The maximum Gasteiger partial charge on any atom is 0.353 e. The Balaban J connectivity index is 1.81. The van der Waals surface area contributed by atoms with Crippen LogP contribution in [-0.2, 0) is 13.6 Å². The van der Waals surface area contributed by atoms with Crippen molar-refractivity contribution in [1.82, 2.24) is 0 Å². The van der Waals surface area contributed by atoms with Gasteiger partial charge in [-0.25, -0.2) is 0 Å². The first-order chi connectivity index (χ1) is 10.2. The molecule has 0 spiro atoms. The van der Waals surface area contributed by atoms with Gasteiger partial charge in [0.25, 0.3) is 0 Å². The van der Waals surface area contributed by atoms with Crippen LogP contribution >= 0.6 is 7.60 Å². The van der Waals surface area contributed by atoms with E-state index in [4.69, 9.17) is 9.05 Å². The maximum atomic E-state index is 12.7. The molecule has 0 heterocycles. The molecule has 21 heavy (non-hydrogen) atoms. The summed E-state index contributed by atoms with van der Waals surface area (Å²) in [4.78, 5) is 0. The molecule has 0 aromatic rings. The Morgan fingerprint density at radius 3 is 1.90 bits per heavy atom. The highest BCUT2D eigenvalue weighted by Crippen LogP contribution is 2.51. The van der Waals surface area contributed by atoms with Crippen LogP contribution < -0.4 is 0 Å². The summed E-state index contributed by atoms with van der Waals surface area (Å²) < 4.78 is 24.1. The Morgan fingerprint density at radius 2 is 1.52 bits per heavy atom. The molecule has 0 N–H and O–H groups in total. The average Bonchev–Trinajstić information content (AvgIpc) is 2.54. The van der Waals surface area contributed by atoms with Gasteiger partial charge in [0.2, 0.25) is 0 Å². The zero-order chi connectivity index (χ0) is 15.0. The minimum atomic E-state index is -3.08. The Bertz CT molecular complexity index is 407. The van der Waals surface area contributed by atoms with Gasteiger partial charge in [0, 0.05) is 5.82 Å². The summed E-state index contributed by atoms with van der Waals surface area (Å²) in [5, 5.41) is 0. The quantitative estimate of drug-likeness (QED) is 0.463. The first kappa shape index (κ1) is 16.7. The molecule has 2 rings (SSSR count). The third kappa shape index (κ3) is 5.94. The Kier molecular flexibility index (Phi) is 6.95. The number of hydrogen-bond acceptors (Lipinski definition) is 3. The smallest absolute Gasteiger partial charge is 0.305 e. The molecular formula is C17H27O3P. The van der Waals surface area contributed by atoms with E-state index in [1.807, 2.05) is 6.92 Å². The van der Waals surface area contributed by atoms with Gasteiger partial charge >= 0.3 is 7.60 Å². The van der Waals surface area contributed by atoms with E-state index in [0.29, 0.717) is 25.0 Å². The molecule has 118 valence electrons. The molecule has 0 aliphatic heterocycles. The molecule has 0 fully saturated rings. The van der Waals surface area contributed by atoms with Crippen LogP contribution in [0.5, 0.6) is 0 Å². The topological polar surface area (TPSA) is 35.5 Å². The molecular weight excluding hydrogens is 283 g/mol. The van der Waals surface area contributed by atoms with Gasteiger partial charge < -0.3 is 9.05 Å². The zero-order valence-electron chi connectivity index (χ0n) is 12.9. The summed E-state index contributed by atoms with van der Waals surface area (Å²) in [6.07, 6.45) is 17.0. The Labute approximate surface area is 128 Å². The molecule has 2 atom stereocenters.